The van der Waals surface area contributed by atoms with Crippen molar-refractivity contribution in [3.63, 3.8) is 0 Å². The Bertz CT molecular complexity index is 431. The van der Waals surface area contributed by atoms with Gasteiger partial charge in [-0.1, -0.05) is 31.2 Å². The standard InChI is InChI=1S/C14H17N2P/c1-2-17(13-7-3-11(15)4-8-13)14-9-5-12(16)6-10-14/h3-10H,2,15-16H2,1H3. The summed E-state index contributed by atoms with van der Waals surface area (Å²) < 4.78 is 0. The summed E-state index contributed by atoms with van der Waals surface area (Å²) >= 11 is 0. The molecule has 0 heterocycles. The second-order valence-electron chi connectivity index (χ2n) is 3.93. The Morgan fingerprint density at radius 2 is 1.12 bits per heavy atom. The molecule has 0 aliphatic carbocycles. The Hall–Kier alpha value is -1.53. The minimum atomic E-state index is -0.285. The van der Waals surface area contributed by atoms with Crippen LogP contribution in [0.3, 0.4) is 0 Å². The van der Waals surface area contributed by atoms with Crippen LogP contribution in [0.2, 0.25) is 0 Å². The molecule has 0 aliphatic heterocycles. The van der Waals surface area contributed by atoms with Crippen LogP contribution in [0.5, 0.6) is 0 Å². The van der Waals surface area contributed by atoms with Gasteiger partial charge in [0.15, 0.2) is 0 Å². The molecular formula is C14H17N2P. The fourth-order valence-corrected chi connectivity index (χ4v) is 3.87. The quantitative estimate of drug-likeness (QED) is 0.643. The first kappa shape index (κ1) is 11.9. The maximum absolute atomic E-state index is 5.72. The molecule has 0 atom stereocenters. The maximum Gasteiger partial charge on any atom is 0.0314 e. The lowest BCUT2D eigenvalue weighted by Gasteiger charge is -2.16. The van der Waals surface area contributed by atoms with Gasteiger partial charge in [-0.15, -0.1) is 0 Å². The smallest absolute Gasteiger partial charge is 0.0314 e. The largest absolute Gasteiger partial charge is 0.399 e. The van der Waals surface area contributed by atoms with E-state index in [-0.39, 0.29) is 7.92 Å². The van der Waals surface area contributed by atoms with Crippen LogP contribution >= 0.6 is 7.92 Å². The first-order valence-corrected chi connectivity index (χ1v) is 7.22. The molecule has 0 bridgehead atoms. The van der Waals surface area contributed by atoms with E-state index in [1.165, 1.54) is 10.6 Å². The molecule has 88 valence electrons. The first-order valence-electron chi connectivity index (χ1n) is 5.69. The number of hydrogen-bond donors (Lipinski definition) is 2. The van der Waals surface area contributed by atoms with E-state index in [9.17, 15) is 0 Å². The highest BCUT2D eigenvalue weighted by Gasteiger charge is 2.10. The van der Waals surface area contributed by atoms with Gasteiger partial charge in [-0.2, -0.15) is 0 Å². The van der Waals surface area contributed by atoms with Crippen LogP contribution in [-0.2, 0) is 0 Å². The molecule has 2 nitrogen and oxygen atoms in total. The maximum atomic E-state index is 5.72. The third kappa shape index (κ3) is 2.78. The van der Waals surface area contributed by atoms with Gasteiger partial charge in [-0.25, -0.2) is 0 Å². The van der Waals surface area contributed by atoms with Crippen LogP contribution in [0.4, 0.5) is 11.4 Å². The summed E-state index contributed by atoms with van der Waals surface area (Å²) in [6, 6.07) is 16.4. The van der Waals surface area contributed by atoms with E-state index in [2.05, 4.69) is 31.2 Å². The first-order chi connectivity index (χ1) is 8.20. The van der Waals surface area contributed by atoms with E-state index in [0.717, 1.165) is 17.5 Å². The van der Waals surface area contributed by atoms with Crippen LogP contribution in [0, 0.1) is 0 Å². The third-order valence-electron chi connectivity index (χ3n) is 2.73. The highest BCUT2D eigenvalue weighted by molar-refractivity contribution is 7.72. The van der Waals surface area contributed by atoms with Crippen LogP contribution in [0.25, 0.3) is 0 Å². The lowest BCUT2D eigenvalue weighted by molar-refractivity contribution is 1.50. The fourth-order valence-electron chi connectivity index (χ4n) is 1.82. The number of rotatable bonds is 3. The second-order valence-corrected chi connectivity index (χ2v) is 6.45. The van der Waals surface area contributed by atoms with Gasteiger partial charge < -0.3 is 11.5 Å². The third-order valence-corrected chi connectivity index (χ3v) is 5.20. The van der Waals surface area contributed by atoms with Crippen molar-refractivity contribution >= 4 is 29.9 Å². The van der Waals surface area contributed by atoms with E-state index >= 15 is 0 Å². The van der Waals surface area contributed by atoms with Crippen molar-refractivity contribution in [2.75, 3.05) is 17.6 Å². The second kappa shape index (κ2) is 5.20. The molecule has 0 saturated carbocycles. The summed E-state index contributed by atoms with van der Waals surface area (Å²) in [6.07, 6.45) is 1.13. The minimum absolute atomic E-state index is 0.285. The van der Waals surface area contributed by atoms with Crippen molar-refractivity contribution in [1.82, 2.24) is 0 Å². The monoisotopic (exact) mass is 244 g/mol. The predicted molar refractivity (Wildman–Crippen MR) is 78.4 cm³/mol. The summed E-state index contributed by atoms with van der Waals surface area (Å²) in [5.41, 5.74) is 13.1. The van der Waals surface area contributed by atoms with Gasteiger partial charge in [0, 0.05) is 11.4 Å². The molecule has 0 amide bonds. The molecule has 2 aromatic carbocycles. The highest BCUT2D eigenvalue weighted by Crippen LogP contribution is 2.33. The molecule has 0 spiro atoms. The van der Waals surface area contributed by atoms with Crippen molar-refractivity contribution < 1.29 is 0 Å². The van der Waals surface area contributed by atoms with Crippen molar-refractivity contribution in [3.05, 3.63) is 48.5 Å². The van der Waals surface area contributed by atoms with Crippen molar-refractivity contribution in [3.8, 4) is 0 Å². The summed E-state index contributed by atoms with van der Waals surface area (Å²) in [4.78, 5) is 0. The number of anilines is 2. The zero-order chi connectivity index (χ0) is 12.3. The Labute approximate surface area is 103 Å². The number of hydrogen-bond acceptors (Lipinski definition) is 2. The number of nitrogens with two attached hydrogens (primary N) is 2. The van der Waals surface area contributed by atoms with Gasteiger partial charge in [0.25, 0.3) is 0 Å². The normalized spacial score (nSPS) is 10.7. The summed E-state index contributed by atoms with van der Waals surface area (Å²) in [5, 5.41) is 2.72. The Morgan fingerprint density at radius 1 is 0.765 bits per heavy atom. The predicted octanol–water partition coefficient (Wildman–Crippen LogP) is 2.30. The van der Waals surface area contributed by atoms with Gasteiger partial charge in [0.05, 0.1) is 0 Å². The summed E-state index contributed by atoms with van der Waals surface area (Å²) in [6.45, 7) is 2.22. The zero-order valence-electron chi connectivity index (χ0n) is 9.93. The lowest BCUT2D eigenvalue weighted by Crippen LogP contribution is -2.13. The molecule has 0 saturated heterocycles. The molecule has 0 fully saturated rings. The van der Waals surface area contributed by atoms with Gasteiger partial charge in [0.2, 0.25) is 0 Å². The van der Waals surface area contributed by atoms with E-state index in [1.54, 1.807) is 0 Å². The van der Waals surface area contributed by atoms with Crippen LogP contribution < -0.4 is 22.1 Å². The molecule has 2 rings (SSSR count). The Morgan fingerprint density at radius 3 is 1.41 bits per heavy atom. The molecule has 17 heavy (non-hydrogen) atoms. The van der Waals surface area contributed by atoms with Crippen molar-refractivity contribution in [2.24, 2.45) is 0 Å². The SMILES string of the molecule is CCP(c1ccc(N)cc1)c1ccc(N)cc1. The average molecular weight is 244 g/mol. The van der Waals surface area contributed by atoms with Crippen molar-refractivity contribution in [1.29, 1.82) is 0 Å². The Balaban J connectivity index is 2.33. The van der Waals surface area contributed by atoms with Gasteiger partial charge in [-0.05, 0) is 49.0 Å². The van der Waals surface area contributed by atoms with Crippen LogP contribution in [0.1, 0.15) is 6.92 Å². The summed E-state index contributed by atoms with van der Waals surface area (Å²) in [5.74, 6) is 0. The topological polar surface area (TPSA) is 52.0 Å². The van der Waals surface area contributed by atoms with E-state index in [4.69, 9.17) is 11.5 Å². The number of nitrogen functional groups attached to an aromatic ring is 2. The molecule has 3 heteroatoms. The molecule has 2 aromatic rings. The van der Waals surface area contributed by atoms with E-state index in [1.807, 2.05) is 24.3 Å². The van der Waals surface area contributed by atoms with E-state index < -0.39 is 0 Å². The van der Waals surface area contributed by atoms with Gasteiger partial charge >= 0.3 is 0 Å². The lowest BCUT2D eigenvalue weighted by atomic mass is 10.3. The minimum Gasteiger partial charge on any atom is -0.399 e. The molecule has 4 N–H and O–H groups in total. The fraction of sp³-hybridized carbons (Fsp3) is 0.143. The van der Waals surface area contributed by atoms with E-state index in [0.29, 0.717) is 0 Å². The van der Waals surface area contributed by atoms with Crippen molar-refractivity contribution in [2.45, 2.75) is 6.92 Å². The molecule has 0 aromatic heterocycles. The molecule has 0 aliphatic rings. The Kier molecular flexibility index (Phi) is 3.65. The average Bonchev–Trinajstić information content (AvgIpc) is 2.35. The molecule has 0 unspecified atom stereocenters. The van der Waals surface area contributed by atoms with Crippen LogP contribution in [-0.4, -0.2) is 6.16 Å². The zero-order valence-corrected chi connectivity index (χ0v) is 10.8. The highest BCUT2D eigenvalue weighted by atomic mass is 31.1. The molecular weight excluding hydrogens is 227 g/mol. The van der Waals surface area contributed by atoms with Gasteiger partial charge in [-0.3, -0.25) is 0 Å². The van der Waals surface area contributed by atoms with Gasteiger partial charge in [0.1, 0.15) is 0 Å². The van der Waals surface area contributed by atoms with Crippen LogP contribution in [0.15, 0.2) is 48.5 Å². The summed E-state index contributed by atoms with van der Waals surface area (Å²) in [7, 11) is -0.285. The number of benzene rings is 2. The molecule has 0 radical (unpaired) electrons.